The summed E-state index contributed by atoms with van der Waals surface area (Å²) in [6.45, 7) is 0.843. The molecule has 0 aliphatic heterocycles. The first-order valence-corrected chi connectivity index (χ1v) is 10.3. The Balaban J connectivity index is 1.45. The molecule has 3 N–H and O–H groups in total. The van der Waals surface area contributed by atoms with Crippen LogP contribution in [0.15, 0.2) is 31.8 Å². The lowest BCUT2D eigenvalue weighted by atomic mass is 9.88. The zero-order valence-electron chi connectivity index (χ0n) is 16.6. The van der Waals surface area contributed by atoms with Crippen molar-refractivity contribution < 1.29 is 37.4 Å². The van der Waals surface area contributed by atoms with E-state index in [4.69, 9.17) is 42.8 Å². The van der Waals surface area contributed by atoms with Crippen LogP contribution in [0, 0.1) is 18.8 Å². The van der Waals surface area contributed by atoms with E-state index in [-0.39, 0.29) is 24.5 Å². The van der Waals surface area contributed by atoms with Gasteiger partial charge in [-0.1, -0.05) is 29.3 Å². The summed E-state index contributed by atoms with van der Waals surface area (Å²) in [5, 5.41) is 10.4. The molecular formula is C20H18Cl2FNO8. The molecule has 9 nitrogen and oxygen atoms in total. The van der Waals surface area contributed by atoms with E-state index in [2.05, 4.69) is 4.42 Å². The first-order valence-electron chi connectivity index (χ1n) is 9.52. The van der Waals surface area contributed by atoms with Crippen molar-refractivity contribution in [2.75, 3.05) is 0 Å². The third-order valence-corrected chi connectivity index (χ3v) is 6.83. The number of fused-ring (bicyclic) bond motifs is 1. The number of rotatable bonds is 7. The summed E-state index contributed by atoms with van der Waals surface area (Å²) >= 11 is 11.8. The topological polar surface area (TPSA) is 142 Å². The first-order chi connectivity index (χ1) is 15.0. The minimum absolute atomic E-state index is 0.0320. The van der Waals surface area contributed by atoms with E-state index in [1.807, 2.05) is 0 Å². The summed E-state index contributed by atoms with van der Waals surface area (Å²) in [6.07, 6.45) is -1.14. The number of carbonyl (C=O) groups is 2. The number of aryl methyl sites for hydroxylation is 1. The Morgan fingerprint density at radius 1 is 1.28 bits per heavy atom. The zero-order chi connectivity index (χ0) is 23.4. The van der Waals surface area contributed by atoms with Gasteiger partial charge in [0.25, 0.3) is 0 Å². The van der Waals surface area contributed by atoms with Crippen LogP contribution in [-0.2, 0) is 32.3 Å². The highest BCUT2D eigenvalue weighted by atomic mass is 35.5. The molecule has 32 heavy (non-hydrogen) atoms. The number of carboxylic acid groups (broad SMARTS) is 1. The SMILES string of the molecule is Cc1oc(=O)oc1COC(=O)[C@@]1(F)[C@@H]2C[C@@H](OCc3ccc(Cl)c(Cl)c3)[C@@](N)(C(=O)O)[C@@H]21. The van der Waals surface area contributed by atoms with Gasteiger partial charge in [-0.05, 0) is 31.0 Å². The highest BCUT2D eigenvalue weighted by molar-refractivity contribution is 6.42. The zero-order valence-corrected chi connectivity index (χ0v) is 18.1. The van der Waals surface area contributed by atoms with Crippen molar-refractivity contribution in [1.82, 2.24) is 0 Å². The summed E-state index contributed by atoms with van der Waals surface area (Å²) in [7, 11) is 0. The fourth-order valence-corrected chi connectivity index (χ4v) is 4.69. The van der Waals surface area contributed by atoms with Gasteiger partial charge in [0.15, 0.2) is 18.1 Å². The Morgan fingerprint density at radius 2 is 2.00 bits per heavy atom. The number of ether oxygens (including phenoxy) is 2. The van der Waals surface area contributed by atoms with Crippen molar-refractivity contribution in [3.8, 4) is 0 Å². The second-order valence-electron chi connectivity index (χ2n) is 7.88. The molecule has 172 valence electrons. The maximum Gasteiger partial charge on any atom is 0.519 e. The van der Waals surface area contributed by atoms with Crippen LogP contribution >= 0.6 is 23.2 Å². The average Bonchev–Trinajstić information content (AvgIpc) is 3.00. The Labute approximate surface area is 190 Å². The van der Waals surface area contributed by atoms with Gasteiger partial charge >= 0.3 is 17.8 Å². The second-order valence-corrected chi connectivity index (χ2v) is 8.70. The van der Waals surface area contributed by atoms with E-state index in [9.17, 15) is 19.5 Å². The predicted molar refractivity (Wildman–Crippen MR) is 107 cm³/mol. The highest BCUT2D eigenvalue weighted by Gasteiger charge is 2.85. The number of aliphatic carboxylic acids is 1. The Hall–Kier alpha value is -2.40. The molecule has 0 bridgehead atoms. The Morgan fingerprint density at radius 3 is 2.59 bits per heavy atom. The van der Waals surface area contributed by atoms with Gasteiger partial charge in [0, 0.05) is 11.8 Å². The average molecular weight is 490 g/mol. The number of nitrogens with two attached hydrogens (primary N) is 1. The van der Waals surface area contributed by atoms with E-state index < -0.39 is 53.5 Å². The molecule has 2 aliphatic carbocycles. The number of esters is 1. The molecule has 5 atom stereocenters. The number of hydrogen-bond donors (Lipinski definition) is 2. The van der Waals surface area contributed by atoms with Crippen LogP contribution < -0.4 is 11.6 Å². The number of hydrogen-bond acceptors (Lipinski definition) is 8. The van der Waals surface area contributed by atoms with Gasteiger partial charge in [-0.3, -0.25) is 4.79 Å². The molecular weight excluding hydrogens is 472 g/mol. The van der Waals surface area contributed by atoms with Gasteiger partial charge in [-0.25, -0.2) is 14.0 Å². The van der Waals surface area contributed by atoms with Crippen molar-refractivity contribution in [2.45, 2.75) is 43.9 Å². The first kappa shape index (κ1) is 22.8. The summed E-state index contributed by atoms with van der Waals surface area (Å²) < 4.78 is 35.4. The van der Waals surface area contributed by atoms with E-state index in [1.165, 1.54) is 6.92 Å². The van der Waals surface area contributed by atoms with Crippen LogP contribution in [0.3, 0.4) is 0 Å². The van der Waals surface area contributed by atoms with Crippen molar-refractivity contribution >= 4 is 35.1 Å². The largest absolute Gasteiger partial charge is 0.519 e. The van der Waals surface area contributed by atoms with Gasteiger partial charge in [0.05, 0.1) is 22.8 Å². The van der Waals surface area contributed by atoms with Crippen molar-refractivity contribution in [3.63, 3.8) is 0 Å². The minimum Gasteiger partial charge on any atom is -0.480 e. The molecule has 4 rings (SSSR count). The lowest BCUT2D eigenvalue weighted by molar-refractivity contribution is -0.161. The normalized spacial score (nSPS) is 30.7. The molecule has 0 unspecified atom stereocenters. The van der Waals surface area contributed by atoms with Crippen LogP contribution in [0.1, 0.15) is 23.5 Å². The maximum absolute atomic E-state index is 15.5. The highest BCUT2D eigenvalue weighted by Crippen LogP contribution is 2.67. The van der Waals surface area contributed by atoms with Gasteiger partial charge in [0.2, 0.25) is 5.67 Å². The molecule has 2 aromatic rings. The molecule has 12 heteroatoms. The molecule has 2 fully saturated rings. The fourth-order valence-electron chi connectivity index (χ4n) is 4.37. The van der Waals surface area contributed by atoms with E-state index in [0.29, 0.717) is 15.6 Å². The summed E-state index contributed by atoms with van der Waals surface area (Å²) in [6, 6.07) is 4.77. The molecule has 0 spiro atoms. The minimum atomic E-state index is -2.59. The summed E-state index contributed by atoms with van der Waals surface area (Å²) in [4.78, 5) is 35.5. The van der Waals surface area contributed by atoms with Crippen molar-refractivity contribution in [1.29, 1.82) is 0 Å². The van der Waals surface area contributed by atoms with E-state index in [0.717, 1.165) is 0 Å². The Bertz CT molecular complexity index is 1150. The quantitative estimate of drug-likeness (QED) is 0.560. The van der Waals surface area contributed by atoms with Gasteiger partial charge in [-0.15, -0.1) is 0 Å². The summed E-state index contributed by atoms with van der Waals surface area (Å²) in [5.41, 5.74) is 1.99. The summed E-state index contributed by atoms with van der Waals surface area (Å²) in [5.74, 6) is -6.08. The lowest BCUT2D eigenvalue weighted by Crippen LogP contribution is -2.60. The number of halogens is 3. The maximum atomic E-state index is 15.5. The van der Waals surface area contributed by atoms with Crippen LogP contribution in [0.4, 0.5) is 4.39 Å². The molecule has 0 amide bonds. The third kappa shape index (κ3) is 3.51. The van der Waals surface area contributed by atoms with Gasteiger partial charge < -0.3 is 29.1 Å². The van der Waals surface area contributed by atoms with Gasteiger partial charge in [0.1, 0.15) is 5.54 Å². The van der Waals surface area contributed by atoms with E-state index in [1.54, 1.807) is 18.2 Å². The van der Waals surface area contributed by atoms with Crippen LogP contribution in [0.2, 0.25) is 10.0 Å². The standard InChI is InChI=1S/C20H18Cl2FNO8/c1-8-13(32-18(28)31-8)7-30-17(27)19(23)10-5-14(20(24,15(10)19)16(25)26)29-6-9-2-3-11(21)12(22)4-9/h2-4,10,14-15H,5-7,24H2,1H3,(H,25,26)/t10-,14-,15+,19-,20+/m1/s1. The smallest absolute Gasteiger partial charge is 0.480 e. The monoisotopic (exact) mass is 489 g/mol. The lowest BCUT2D eigenvalue weighted by Gasteiger charge is -2.32. The molecule has 0 radical (unpaired) electrons. The molecule has 1 heterocycles. The number of carboxylic acids is 1. The van der Waals surface area contributed by atoms with Crippen LogP contribution in [0.5, 0.6) is 0 Å². The molecule has 0 saturated heterocycles. The van der Waals surface area contributed by atoms with Gasteiger partial charge in [-0.2, -0.15) is 0 Å². The van der Waals surface area contributed by atoms with Crippen molar-refractivity contribution in [3.05, 3.63) is 55.9 Å². The number of benzene rings is 1. The molecule has 1 aromatic heterocycles. The predicted octanol–water partition coefficient (Wildman–Crippen LogP) is 2.62. The Kier molecular flexibility index (Phi) is 5.61. The van der Waals surface area contributed by atoms with Crippen LogP contribution in [-0.4, -0.2) is 34.4 Å². The molecule has 1 aromatic carbocycles. The van der Waals surface area contributed by atoms with Crippen LogP contribution in [0.25, 0.3) is 0 Å². The van der Waals surface area contributed by atoms with Crippen molar-refractivity contribution in [2.24, 2.45) is 17.6 Å². The van der Waals surface area contributed by atoms with E-state index >= 15 is 4.39 Å². The fraction of sp³-hybridized carbons (Fsp3) is 0.450. The molecule has 2 aliphatic rings. The number of carbonyl (C=O) groups excluding carboxylic acids is 1. The third-order valence-electron chi connectivity index (χ3n) is 6.09. The number of alkyl halides is 1. The molecule has 2 saturated carbocycles. The second kappa shape index (κ2) is 7.87.